The van der Waals surface area contributed by atoms with E-state index in [4.69, 9.17) is 4.74 Å². The second-order valence-electron chi connectivity index (χ2n) is 3.66. The third-order valence-electron chi connectivity index (χ3n) is 2.51. The predicted molar refractivity (Wildman–Crippen MR) is 60.2 cm³/mol. The molecule has 0 aliphatic rings. The molecule has 0 bridgehead atoms. The molecule has 2 rings (SSSR count). The van der Waals surface area contributed by atoms with Crippen molar-refractivity contribution in [2.24, 2.45) is 0 Å². The summed E-state index contributed by atoms with van der Waals surface area (Å²) >= 11 is 0. The fourth-order valence-electron chi connectivity index (χ4n) is 1.75. The molecule has 0 saturated heterocycles. The third kappa shape index (κ3) is 2.19. The van der Waals surface area contributed by atoms with Crippen molar-refractivity contribution < 1.29 is 13.5 Å². The summed E-state index contributed by atoms with van der Waals surface area (Å²) in [6, 6.07) is 5.97. The highest BCUT2D eigenvalue weighted by molar-refractivity contribution is 5.81. The van der Waals surface area contributed by atoms with Gasteiger partial charge in [0.2, 0.25) is 0 Å². The lowest BCUT2D eigenvalue weighted by molar-refractivity contribution is 0.146. The average Bonchev–Trinajstić information content (AvgIpc) is 2.30. The van der Waals surface area contributed by atoms with Crippen LogP contribution in [0.5, 0.6) is 0 Å². The van der Waals surface area contributed by atoms with Crippen LogP contribution in [0, 0.1) is 0 Å². The van der Waals surface area contributed by atoms with Crippen molar-refractivity contribution in [1.29, 1.82) is 0 Å². The topological polar surface area (TPSA) is 42.1 Å². The minimum atomic E-state index is -2.69. The van der Waals surface area contributed by atoms with E-state index in [-0.39, 0.29) is 12.3 Å². The second-order valence-corrected chi connectivity index (χ2v) is 3.66. The molecule has 0 amide bonds. The van der Waals surface area contributed by atoms with Crippen molar-refractivity contribution in [3.8, 4) is 0 Å². The maximum absolute atomic E-state index is 12.6. The molecular formula is C12H11F2NO2. The summed E-state index contributed by atoms with van der Waals surface area (Å²) in [5.41, 5.74) is 0.319. The van der Waals surface area contributed by atoms with E-state index < -0.39 is 11.9 Å². The van der Waals surface area contributed by atoms with E-state index in [2.05, 4.69) is 4.98 Å². The molecule has 1 heterocycles. The number of alkyl halides is 2. The van der Waals surface area contributed by atoms with Gasteiger partial charge in [-0.25, -0.2) is 8.78 Å². The first-order valence-corrected chi connectivity index (χ1v) is 5.05. The number of H-pyrrole nitrogens is 1. The summed E-state index contributed by atoms with van der Waals surface area (Å²) in [6.45, 7) is 0.264. The van der Waals surface area contributed by atoms with Gasteiger partial charge in [-0.1, -0.05) is 12.1 Å². The van der Waals surface area contributed by atoms with Crippen LogP contribution in [-0.2, 0) is 11.3 Å². The first-order chi connectivity index (χ1) is 8.13. The van der Waals surface area contributed by atoms with Crippen molar-refractivity contribution in [3.63, 3.8) is 0 Å². The number of para-hydroxylation sites is 1. The molecular weight excluding hydrogens is 228 g/mol. The lowest BCUT2D eigenvalue weighted by atomic mass is 10.1. The van der Waals surface area contributed by atoms with E-state index in [1.165, 1.54) is 7.11 Å². The van der Waals surface area contributed by atoms with Gasteiger partial charge in [-0.2, -0.15) is 0 Å². The summed E-state index contributed by atoms with van der Waals surface area (Å²) in [5, 5.41) is 0.393. The zero-order valence-electron chi connectivity index (χ0n) is 9.17. The number of aromatic nitrogens is 1. The minimum absolute atomic E-state index is 0.264. The van der Waals surface area contributed by atoms with E-state index in [0.717, 1.165) is 6.07 Å². The van der Waals surface area contributed by atoms with Crippen molar-refractivity contribution in [1.82, 2.24) is 4.98 Å². The van der Waals surface area contributed by atoms with Gasteiger partial charge in [-0.15, -0.1) is 0 Å². The molecule has 0 saturated carbocycles. The zero-order valence-corrected chi connectivity index (χ0v) is 9.17. The van der Waals surface area contributed by atoms with Crippen molar-refractivity contribution in [3.05, 3.63) is 45.7 Å². The summed E-state index contributed by atoms with van der Waals surface area (Å²) in [7, 11) is 1.51. The number of rotatable bonds is 3. The molecule has 17 heavy (non-hydrogen) atoms. The van der Waals surface area contributed by atoms with Crippen LogP contribution in [-0.4, -0.2) is 12.1 Å². The lowest BCUT2D eigenvalue weighted by Crippen LogP contribution is -2.07. The molecule has 0 unspecified atom stereocenters. The number of fused-ring (bicyclic) bond motifs is 1. The Hall–Kier alpha value is -1.75. The molecule has 1 aromatic heterocycles. The molecule has 0 fully saturated rings. The summed E-state index contributed by atoms with van der Waals surface area (Å²) in [4.78, 5) is 14.3. The van der Waals surface area contributed by atoms with Crippen LogP contribution >= 0.6 is 0 Å². The maximum Gasteiger partial charge on any atom is 0.278 e. The Balaban J connectivity index is 2.74. The molecule has 2 aromatic rings. The van der Waals surface area contributed by atoms with Crippen LogP contribution in [0.2, 0.25) is 0 Å². The Morgan fingerprint density at radius 2 is 2.18 bits per heavy atom. The van der Waals surface area contributed by atoms with E-state index in [1.807, 2.05) is 0 Å². The first kappa shape index (κ1) is 11.7. The lowest BCUT2D eigenvalue weighted by Gasteiger charge is -2.07. The largest absolute Gasteiger partial charge is 0.380 e. The number of ether oxygens (including phenoxy) is 1. The molecule has 0 aliphatic heterocycles. The van der Waals surface area contributed by atoms with Crippen molar-refractivity contribution in [2.75, 3.05) is 7.11 Å². The Labute approximate surface area is 96.0 Å². The van der Waals surface area contributed by atoms with Gasteiger partial charge in [0.15, 0.2) is 5.43 Å². The molecule has 0 radical (unpaired) electrons. The minimum Gasteiger partial charge on any atom is -0.380 e. The summed E-state index contributed by atoms with van der Waals surface area (Å²) < 4.78 is 30.1. The van der Waals surface area contributed by atoms with Crippen LogP contribution in [0.3, 0.4) is 0 Å². The van der Waals surface area contributed by atoms with E-state index >= 15 is 0 Å². The normalized spacial score (nSPS) is 11.3. The number of halogens is 2. The predicted octanol–water partition coefficient (Wildman–Crippen LogP) is 2.61. The van der Waals surface area contributed by atoms with Crippen molar-refractivity contribution in [2.45, 2.75) is 13.0 Å². The molecule has 0 atom stereocenters. The van der Waals surface area contributed by atoms with Crippen LogP contribution in [0.25, 0.3) is 10.9 Å². The molecule has 1 N–H and O–H groups in total. The fraction of sp³-hybridized carbons (Fsp3) is 0.250. The molecule has 1 aromatic carbocycles. The van der Waals surface area contributed by atoms with E-state index in [0.29, 0.717) is 16.5 Å². The number of methoxy groups -OCH3 is 1. The van der Waals surface area contributed by atoms with Gasteiger partial charge in [0, 0.05) is 24.1 Å². The average molecular weight is 239 g/mol. The number of hydrogen-bond acceptors (Lipinski definition) is 2. The van der Waals surface area contributed by atoms with Crippen LogP contribution in [0.1, 0.15) is 17.7 Å². The monoisotopic (exact) mass is 239 g/mol. The molecule has 0 spiro atoms. The zero-order chi connectivity index (χ0) is 12.4. The molecule has 3 nitrogen and oxygen atoms in total. The number of benzene rings is 1. The third-order valence-corrected chi connectivity index (χ3v) is 2.51. The highest BCUT2D eigenvalue weighted by atomic mass is 19.3. The number of aromatic amines is 1. The number of nitrogens with one attached hydrogen (secondary N) is 1. The number of pyridine rings is 1. The van der Waals surface area contributed by atoms with E-state index in [9.17, 15) is 13.6 Å². The summed E-state index contributed by atoms with van der Waals surface area (Å²) in [5.74, 6) is 0. The summed E-state index contributed by atoms with van der Waals surface area (Å²) in [6.07, 6.45) is -2.69. The Bertz CT molecular complexity index is 593. The van der Waals surface area contributed by atoms with Crippen LogP contribution < -0.4 is 5.43 Å². The number of hydrogen-bond donors (Lipinski definition) is 1. The van der Waals surface area contributed by atoms with Gasteiger partial charge >= 0.3 is 0 Å². The van der Waals surface area contributed by atoms with Gasteiger partial charge < -0.3 is 9.72 Å². The highest BCUT2D eigenvalue weighted by Crippen LogP contribution is 2.20. The first-order valence-electron chi connectivity index (χ1n) is 5.05. The highest BCUT2D eigenvalue weighted by Gasteiger charge is 2.12. The van der Waals surface area contributed by atoms with Crippen molar-refractivity contribution >= 4 is 10.9 Å². The van der Waals surface area contributed by atoms with Gasteiger partial charge in [0.05, 0.1) is 17.8 Å². The maximum atomic E-state index is 12.6. The fourth-order valence-corrected chi connectivity index (χ4v) is 1.75. The molecule has 5 heteroatoms. The standard InChI is InChI=1S/C12H11F2NO2/c1-17-6-7-3-2-4-8-10(16)5-9(12(13)14)15-11(7)8/h2-5,12H,6H2,1H3,(H,15,16). The Kier molecular flexibility index (Phi) is 3.19. The van der Waals surface area contributed by atoms with Gasteiger partial charge in [-0.05, 0) is 6.07 Å². The second kappa shape index (κ2) is 4.63. The van der Waals surface area contributed by atoms with Gasteiger partial charge in [0.25, 0.3) is 6.43 Å². The van der Waals surface area contributed by atoms with E-state index in [1.54, 1.807) is 18.2 Å². The van der Waals surface area contributed by atoms with Gasteiger partial charge in [0.1, 0.15) is 0 Å². The van der Waals surface area contributed by atoms with Crippen LogP contribution in [0.4, 0.5) is 8.78 Å². The SMILES string of the molecule is COCc1cccc2c(=O)cc(C(F)F)[nH]c12. The molecule has 0 aliphatic carbocycles. The Morgan fingerprint density at radius 1 is 1.41 bits per heavy atom. The van der Waals surface area contributed by atoms with Crippen LogP contribution in [0.15, 0.2) is 29.1 Å². The smallest absolute Gasteiger partial charge is 0.278 e. The Morgan fingerprint density at radius 3 is 2.82 bits per heavy atom. The van der Waals surface area contributed by atoms with Gasteiger partial charge in [-0.3, -0.25) is 4.79 Å². The quantitative estimate of drug-likeness (QED) is 0.894. The molecule has 90 valence electrons.